The van der Waals surface area contributed by atoms with E-state index in [1.165, 1.54) is 0 Å². The second-order valence-electron chi connectivity index (χ2n) is 6.15. The van der Waals surface area contributed by atoms with Crippen LogP contribution in [0.25, 0.3) is 0 Å². The van der Waals surface area contributed by atoms with Gasteiger partial charge in [0.2, 0.25) is 5.91 Å². The Morgan fingerprint density at radius 2 is 1.84 bits per heavy atom. The van der Waals surface area contributed by atoms with Gasteiger partial charge >= 0.3 is 0 Å². The van der Waals surface area contributed by atoms with Gasteiger partial charge in [-0.3, -0.25) is 4.79 Å². The fourth-order valence-corrected chi connectivity index (χ4v) is 3.25. The molecule has 1 saturated carbocycles. The largest absolute Gasteiger partial charge is 0.396 e. The number of carbonyl (C=O) groups excluding carboxylic acids is 1. The Labute approximate surface area is 115 Å². The Bertz CT molecular complexity index is 281. The second kappa shape index (κ2) is 7.25. The van der Waals surface area contributed by atoms with Crippen molar-refractivity contribution in [1.82, 2.24) is 5.32 Å². The fraction of sp³-hybridized carbons (Fsp3) is 0.933. The van der Waals surface area contributed by atoms with E-state index in [4.69, 9.17) is 9.84 Å². The first-order chi connectivity index (χ1) is 9.20. The molecule has 19 heavy (non-hydrogen) atoms. The third-order valence-electron chi connectivity index (χ3n) is 4.84. The number of aliphatic hydroxyl groups excluding tert-OH is 1. The van der Waals surface area contributed by atoms with Gasteiger partial charge in [-0.25, -0.2) is 0 Å². The summed E-state index contributed by atoms with van der Waals surface area (Å²) in [5.41, 5.74) is 0. The van der Waals surface area contributed by atoms with Crippen molar-refractivity contribution in [3.8, 4) is 0 Å². The van der Waals surface area contributed by atoms with Crippen molar-refractivity contribution in [3.05, 3.63) is 0 Å². The maximum absolute atomic E-state index is 12.3. The molecule has 1 atom stereocenters. The molecule has 2 fully saturated rings. The SMILES string of the molecule is CC(C(=O)NC1CCC(CO)CC1)C1CCOCC1. The van der Waals surface area contributed by atoms with Crippen LogP contribution in [0.15, 0.2) is 0 Å². The zero-order valence-electron chi connectivity index (χ0n) is 11.9. The second-order valence-corrected chi connectivity index (χ2v) is 6.15. The summed E-state index contributed by atoms with van der Waals surface area (Å²) in [6.45, 7) is 3.93. The molecule has 0 aromatic rings. The fourth-order valence-electron chi connectivity index (χ4n) is 3.25. The van der Waals surface area contributed by atoms with E-state index in [1.54, 1.807) is 0 Å². The summed E-state index contributed by atoms with van der Waals surface area (Å²) in [5, 5.41) is 12.3. The molecule has 0 aromatic heterocycles. The van der Waals surface area contributed by atoms with Crippen LogP contribution in [0.3, 0.4) is 0 Å². The van der Waals surface area contributed by atoms with Crippen LogP contribution in [0.2, 0.25) is 0 Å². The molecule has 1 heterocycles. The van der Waals surface area contributed by atoms with Crippen molar-refractivity contribution in [1.29, 1.82) is 0 Å². The Kier molecular flexibility index (Phi) is 5.64. The van der Waals surface area contributed by atoms with Gasteiger partial charge in [-0.1, -0.05) is 6.92 Å². The van der Waals surface area contributed by atoms with Gasteiger partial charge in [-0.15, -0.1) is 0 Å². The minimum absolute atomic E-state index is 0.0967. The summed E-state index contributed by atoms with van der Waals surface area (Å²) in [5.74, 6) is 1.22. The monoisotopic (exact) mass is 269 g/mol. The van der Waals surface area contributed by atoms with Crippen LogP contribution < -0.4 is 5.32 Å². The van der Waals surface area contributed by atoms with Gasteiger partial charge in [0, 0.05) is 31.8 Å². The summed E-state index contributed by atoms with van der Waals surface area (Å²) >= 11 is 0. The van der Waals surface area contributed by atoms with E-state index in [0.29, 0.717) is 24.5 Å². The minimum Gasteiger partial charge on any atom is -0.396 e. The van der Waals surface area contributed by atoms with E-state index in [1.807, 2.05) is 6.92 Å². The zero-order valence-corrected chi connectivity index (χ0v) is 11.9. The molecule has 2 aliphatic rings. The van der Waals surface area contributed by atoms with Crippen molar-refractivity contribution in [2.45, 2.75) is 51.5 Å². The number of aliphatic hydroxyl groups is 1. The normalized spacial score (nSPS) is 30.8. The summed E-state index contributed by atoms with van der Waals surface area (Å²) in [7, 11) is 0. The van der Waals surface area contributed by atoms with Crippen molar-refractivity contribution in [2.75, 3.05) is 19.8 Å². The number of carbonyl (C=O) groups is 1. The molecular formula is C15H27NO3. The Hall–Kier alpha value is -0.610. The van der Waals surface area contributed by atoms with Crippen LogP contribution in [0.4, 0.5) is 0 Å². The highest BCUT2D eigenvalue weighted by Gasteiger charge is 2.28. The first-order valence-electron chi connectivity index (χ1n) is 7.69. The van der Waals surface area contributed by atoms with E-state index in [-0.39, 0.29) is 11.8 Å². The van der Waals surface area contributed by atoms with Crippen LogP contribution in [-0.2, 0) is 9.53 Å². The molecule has 2 N–H and O–H groups in total. The summed E-state index contributed by atoms with van der Waals surface area (Å²) < 4.78 is 5.35. The molecule has 1 amide bonds. The van der Waals surface area contributed by atoms with Gasteiger partial charge in [-0.2, -0.15) is 0 Å². The molecule has 1 saturated heterocycles. The van der Waals surface area contributed by atoms with Crippen LogP contribution >= 0.6 is 0 Å². The van der Waals surface area contributed by atoms with E-state index in [9.17, 15) is 4.79 Å². The number of ether oxygens (including phenoxy) is 1. The molecule has 0 aromatic carbocycles. The molecule has 2 rings (SSSR count). The first kappa shape index (κ1) is 14.8. The third-order valence-corrected chi connectivity index (χ3v) is 4.84. The number of hydrogen-bond donors (Lipinski definition) is 2. The lowest BCUT2D eigenvalue weighted by Crippen LogP contribution is -2.43. The van der Waals surface area contributed by atoms with Crippen molar-refractivity contribution in [3.63, 3.8) is 0 Å². The Balaban J connectivity index is 1.74. The van der Waals surface area contributed by atoms with Crippen molar-refractivity contribution < 1.29 is 14.6 Å². The standard InChI is InChI=1S/C15H27NO3/c1-11(13-6-8-19-9-7-13)15(18)16-14-4-2-12(10-17)3-5-14/h11-14,17H,2-10H2,1H3,(H,16,18). The van der Waals surface area contributed by atoms with E-state index >= 15 is 0 Å². The van der Waals surface area contributed by atoms with Crippen LogP contribution in [-0.4, -0.2) is 36.9 Å². The predicted molar refractivity (Wildman–Crippen MR) is 73.7 cm³/mol. The molecule has 0 spiro atoms. The molecule has 4 nitrogen and oxygen atoms in total. The van der Waals surface area contributed by atoms with Crippen LogP contribution in [0.5, 0.6) is 0 Å². The zero-order chi connectivity index (χ0) is 13.7. The molecule has 1 aliphatic carbocycles. The van der Waals surface area contributed by atoms with Crippen molar-refractivity contribution >= 4 is 5.91 Å². The minimum atomic E-state index is 0.0967. The quantitative estimate of drug-likeness (QED) is 0.817. The lowest BCUT2D eigenvalue weighted by molar-refractivity contribution is -0.128. The number of hydrogen-bond acceptors (Lipinski definition) is 3. The van der Waals surface area contributed by atoms with E-state index in [2.05, 4.69) is 5.32 Å². The molecule has 1 aliphatic heterocycles. The summed E-state index contributed by atoms with van der Waals surface area (Å²) in [4.78, 5) is 12.3. The molecular weight excluding hydrogens is 242 g/mol. The van der Waals surface area contributed by atoms with Gasteiger partial charge in [0.15, 0.2) is 0 Å². The highest BCUT2D eigenvalue weighted by atomic mass is 16.5. The van der Waals surface area contributed by atoms with E-state index in [0.717, 1.165) is 51.7 Å². The summed E-state index contributed by atoms with van der Waals surface area (Å²) in [6, 6.07) is 0.317. The highest BCUT2D eigenvalue weighted by molar-refractivity contribution is 5.78. The smallest absolute Gasteiger partial charge is 0.223 e. The third kappa shape index (κ3) is 4.18. The Morgan fingerprint density at radius 1 is 1.21 bits per heavy atom. The highest BCUT2D eigenvalue weighted by Crippen LogP contribution is 2.26. The van der Waals surface area contributed by atoms with Gasteiger partial charge in [0.05, 0.1) is 0 Å². The van der Waals surface area contributed by atoms with Gasteiger partial charge in [-0.05, 0) is 50.4 Å². The van der Waals surface area contributed by atoms with Crippen molar-refractivity contribution in [2.24, 2.45) is 17.8 Å². The topological polar surface area (TPSA) is 58.6 Å². The Morgan fingerprint density at radius 3 is 2.42 bits per heavy atom. The molecule has 1 unspecified atom stereocenters. The summed E-state index contributed by atoms with van der Waals surface area (Å²) in [6.07, 6.45) is 6.10. The van der Waals surface area contributed by atoms with Crippen LogP contribution in [0, 0.1) is 17.8 Å². The molecule has 4 heteroatoms. The van der Waals surface area contributed by atoms with E-state index < -0.39 is 0 Å². The lowest BCUT2D eigenvalue weighted by atomic mass is 9.84. The maximum atomic E-state index is 12.3. The average molecular weight is 269 g/mol. The number of amides is 1. The molecule has 0 radical (unpaired) electrons. The average Bonchev–Trinajstić information content (AvgIpc) is 2.48. The molecule has 0 bridgehead atoms. The van der Waals surface area contributed by atoms with Crippen LogP contribution in [0.1, 0.15) is 45.4 Å². The van der Waals surface area contributed by atoms with Gasteiger partial charge in [0.25, 0.3) is 0 Å². The van der Waals surface area contributed by atoms with Gasteiger partial charge in [0.1, 0.15) is 0 Å². The first-order valence-corrected chi connectivity index (χ1v) is 7.69. The van der Waals surface area contributed by atoms with Gasteiger partial charge < -0.3 is 15.2 Å². The lowest BCUT2D eigenvalue weighted by Gasteiger charge is -2.31. The maximum Gasteiger partial charge on any atom is 0.223 e. The predicted octanol–water partition coefficient (Wildman–Crippen LogP) is 1.72. The molecule has 110 valence electrons. The number of nitrogens with one attached hydrogen (secondary N) is 1. The number of rotatable bonds is 4.